The Kier molecular flexibility index (Phi) is 4.36. The van der Waals surface area contributed by atoms with Crippen LogP contribution < -0.4 is 5.32 Å². The van der Waals surface area contributed by atoms with Gasteiger partial charge in [0.05, 0.1) is 11.5 Å². The molecular weight excluding hydrogens is 282 g/mol. The van der Waals surface area contributed by atoms with Crippen molar-refractivity contribution in [1.82, 2.24) is 5.32 Å². The van der Waals surface area contributed by atoms with Gasteiger partial charge in [-0.15, -0.1) is 0 Å². The van der Waals surface area contributed by atoms with Crippen molar-refractivity contribution in [2.75, 3.05) is 11.5 Å². The van der Waals surface area contributed by atoms with Gasteiger partial charge in [0.1, 0.15) is 0 Å². The second-order valence-electron chi connectivity index (χ2n) is 6.58. The van der Waals surface area contributed by atoms with Crippen LogP contribution in [0.3, 0.4) is 0 Å². The van der Waals surface area contributed by atoms with Crippen LogP contribution in [0.25, 0.3) is 0 Å². The Labute approximate surface area is 128 Å². The molecule has 0 aromatic heterocycles. The molecule has 21 heavy (non-hydrogen) atoms. The van der Waals surface area contributed by atoms with Crippen molar-refractivity contribution in [3.05, 3.63) is 34.9 Å². The molecule has 0 saturated carbocycles. The van der Waals surface area contributed by atoms with Gasteiger partial charge in [-0.05, 0) is 62.1 Å². The first-order chi connectivity index (χ1) is 10.0. The minimum atomic E-state index is -2.84. The molecule has 1 fully saturated rings. The van der Waals surface area contributed by atoms with Crippen LogP contribution in [0.4, 0.5) is 0 Å². The van der Waals surface area contributed by atoms with E-state index in [0.29, 0.717) is 11.5 Å². The molecule has 0 spiro atoms. The van der Waals surface area contributed by atoms with Crippen molar-refractivity contribution in [2.24, 2.45) is 0 Å². The minimum absolute atomic E-state index is 0.106. The van der Waals surface area contributed by atoms with Gasteiger partial charge in [-0.2, -0.15) is 0 Å². The molecule has 1 aromatic rings. The van der Waals surface area contributed by atoms with Crippen molar-refractivity contribution >= 4 is 9.84 Å². The Hall–Kier alpha value is -0.870. The average molecular weight is 307 g/mol. The first kappa shape index (κ1) is 15.0. The summed E-state index contributed by atoms with van der Waals surface area (Å²) < 4.78 is 23.5. The van der Waals surface area contributed by atoms with E-state index < -0.39 is 9.84 Å². The van der Waals surface area contributed by atoms with Crippen LogP contribution in [0.15, 0.2) is 18.2 Å². The second-order valence-corrected chi connectivity index (χ2v) is 8.81. The van der Waals surface area contributed by atoms with Gasteiger partial charge in [0.15, 0.2) is 9.84 Å². The highest BCUT2D eigenvalue weighted by Crippen LogP contribution is 2.25. The molecule has 1 N–H and O–H groups in total. The fourth-order valence-corrected chi connectivity index (χ4v) is 5.28. The number of rotatable bonds is 3. The topological polar surface area (TPSA) is 46.2 Å². The van der Waals surface area contributed by atoms with E-state index >= 15 is 0 Å². The number of fused-ring (bicyclic) bond motifs is 1. The van der Waals surface area contributed by atoms with Gasteiger partial charge < -0.3 is 5.32 Å². The third-order valence-corrected chi connectivity index (χ3v) is 6.64. The Morgan fingerprint density at radius 3 is 2.67 bits per heavy atom. The predicted octanol–water partition coefficient (Wildman–Crippen LogP) is 2.79. The highest BCUT2D eigenvalue weighted by Gasteiger charge is 2.26. The lowest BCUT2D eigenvalue weighted by Gasteiger charge is -2.27. The summed E-state index contributed by atoms with van der Waals surface area (Å²) in [4.78, 5) is 0. The van der Waals surface area contributed by atoms with Gasteiger partial charge >= 0.3 is 0 Å². The predicted molar refractivity (Wildman–Crippen MR) is 86.3 cm³/mol. The van der Waals surface area contributed by atoms with Crippen LogP contribution in [-0.4, -0.2) is 26.0 Å². The molecule has 3 nitrogen and oxygen atoms in total. The number of aryl methyl sites for hydroxylation is 2. The number of sulfone groups is 1. The van der Waals surface area contributed by atoms with Crippen molar-refractivity contribution in [2.45, 2.75) is 57.5 Å². The number of benzene rings is 1. The zero-order chi connectivity index (χ0) is 14.9. The zero-order valence-corrected chi connectivity index (χ0v) is 13.6. The minimum Gasteiger partial charge on any atom is -0.306 e. The van der Waals surface area contributed by atoms with E-state index in [0.717, 1.165) is 12.8 Å². The van der Waals surface area contributed by atoms with Crippen LogP contribution in [0.1, 0.15) is 55.3 Å². The van der Waals surface area contributed by atoms with E-state index in [1.807, 2.05) is 0 Å². The lowest BCUT2D eigenvalue weighted by atomic mass is 9.89. The second kappa shape index (κ2) is 6.09. The molecule has 2 aliphatic rings. The number of hydrogen-bond acceptors (Lipinski definition) is 3. The SMILES string of the molecule is CC(NC1CCCS(=O)(=O)C1)c1ccc2c(c1)CCCC2. The van der Waals surface area contributed by atoms with Gasteiger partial charge in [0, 0.05) is 12.1 Å². The molecule has 3 rings (SSSR count). The maximum Gasteiger partial charge on any atom is 0.151 e. The van der Waals surface area contributed by atoms with E-state index in [4.69, 9.17) is 0 Å². The highest BCUT2D eigenvalue weighted by atomic mass is 32.2. The third kappa shape index (κ3) is 3.67. The zero-order valence-electron chi connectivity index (χ0n) is 12.8. The molecule has 1 aromatic carbocycles. The molecule has 0 radical (unpaired) electrons. The summed E-state index contributed by atoms with van der Waals surface area (Å²) in [5, 5.41) is 3.52. The lowest BCUT2D eigenvalue weighted by Crippen LogP contribution is -2.41. The summed E-state index contributed by atoms with van der Waals surface area (Å²) in [6.07, 6.45) is 6.75. The number of hydrogen-bond donors (Lipinski definition) is 1. The summed E-state index contributed by atoms with van der Waals surface area (Å²) in [6, 6.07) is 7.12. The Bertz CT molecular complexity index is 609. The Morgan fingerprint density at radius 2 is 1.90 bits per heavy atom. The first-order valence-electron chi connectivity index (χ1n) is 8.12. The summed E-state index contributed by atoms with van der Waals surface area (Å²) in [6.45, 7) is 2.14. The maximum absolute atomic E-state index is 11.7. The van der Waals surface area contributed by atoms with Crippen LogP contribution in [0.5, 0.6) is 0 Å². The molecule has 4 heteroatoms. The fourth-order valence-electron chi connectivity index (χ4n) is 3.63. The van der Waals surface area contributed by atoms with E-state index in [1.165, 1.54) is 42.4 Å². The monoisotopic (exact) mass is 307 g/mol. The smallest absolute Gasteiger partial charge is 0.151 e. The van der Waals surface area contributed by atoms with Gasteiger partial charge in [0.25, 0.3) is 0 Å². The standard InChI is InChI=1S/C17H25NO2S/c1-13(18-17-7-4-10-21(19,20)12-17)15-9-8-14-5-2-3-6-16(14)11-15/h8-9,11,13,17-18H,2-7,10,12H2,1H3. The Balaban J connectivity index is 1.69. The van der Waals surface area contributed by atoms with Crippen LogP contribution in [0.2, 0.25) is 0 Å². The molecule has 116 valence electrons. The maximum atomic E-state index is 11.7. The summed E-state index contributed by atoms with van der Waals surface area (Å²) >= 11 is 0. The average Bonchev–Trinajstić information content (AvgIpc) is 2.45. The molecule has 2 unspecified atom stereocenters. The molecule has 0 bridgehead atoms. The van der Waals surface area contributed by atoms with E-state index in [-0.39, 0.29) is 12.1 Å². The molecule has 1 aliphatic carbocycles. The first-order valence-corrected chi connectivity index (χ1v) is 9.94. The van der Waals surface area contributed by atoms with E-state index in [1.54, 1.807) is 0 Å². The van der Waals surface area contributed by atoms with Gasteiger partial charge in [-0.1, -0.05) is 18.2 Å². The molecule has 1 saturated heterocycles. The lowest BCUT2D eigenvalue weighted by molar-refractivity contribution is 0.437. The summed E-state index contributed by atoms with van der Waals surface area (Å²) in [7, 11) is -2.84. The summed E-state index contributed by atoms with van der Waals surface area (Å²) in [5.74, 6) is 0.653. The highest BCUT2D eigenvalue weighted by molar-refractivity contribution is 7.91. The van der Waals surface area contributed by atoms with Crippen LogP contribution >= 0.6 is 0 Å². The largest absolute Gasteiger partial charge is 0.306 e. The van der Waals surface area contributed by atoms with Crippen LogP contribution in [-0.2, 0) is 22.7 Å². The normalized spacial score (nSPS) is 26.0. The van der Waals surface area contributed by atoms with Crippen molar-refractivity contribution < 1.29 is 8.42 Å². The molecule has 1 heterocycles. The quantitative estimate of drug-likeness (QED) is 0.934. The van der Waals surface area contributed by atoms with Crippen molar-refractivity contribution in [3.8, 4) is 0 Å². The van der Waals surface area contributed by atoms with Crippen molar-refractivity contribution in [1.29, 1.82) is 0 Å². The fraction of sp³-hybridized carbons (Fsp3) is 0.647. The third-order valence-electron chi connectivity index (χ3n) is 4.82. The van der Waals surface area contributed by atoms with Crippen LogP contribution in [0, 0.1) is 0 Å². The van der Waals surface area contributed by atoms with E-state index in [9.17, 15) is 8.42 Å². The van der Waals surface area contributed by atoms with Crippen molar-refractivity contribution in [3.63, 3.8) is 0 Å². The number of nitrogens with one attached hydrogen (secondary N) is 1. The van der Waals surface area contributed by atoms with Gasteiger partial charge in [-0.25, -0.2) is 8.42 Å². The Morgan fingerprint density at radius 1 is 1.14 bits per heavy atom. The summed E-state index contributed by atoms with van der Waals surface area (Å²) in [5.41, 5.74) is 4.28. The molecule has 0 amide bonds. The van der Waals surface area contributed by atoms with Gasteiger partial charge in [-0.3, -0.25) is 0 Å². The van der Waals surface area contributed by atoms with E-state index in [2.05, 4.69) is 30.4 Å². The molecule has 2 atom stereocenters. The molecular formula is C17H25NO2S. The van der Waals surface area contributed by atoms with Gasteiger partial charge in [0.2, 0.25) is 0 Å². The molecule has 1 aliphatic heterocycles.